The molecule has 1 N–H and O–H groups in total. The number of aromatic nitrogens is 3. The molecule has 0 radical (unpaired) electrons. The molecule has 0 aliphatic heterocycles. The van der Waals surface area contributed by atoms with Crippen molar-refractivity contribution in [2.75, 3.05) is 7.05 Å². The highest BCUT2D eigenvalue weighted by Gasteiger charge is 2.23. The molecule has 3 heterocycles. The van der Waals surface area contributed by atoms with Gasteiger partial charge in [-0.2, -0.15) is 0 Å². The third kappa shape index (κ3) is 3.32. The van der Waals surface area contributed by atoms with Crippen LogP contribution in [0.2, 0.25) is 0 Å². The number of carbonyl (C=O) groups excluding carboxylic acids is 1. The summed E-state index contributed by atoms with van der Waals surface area (Å²) in [6.07, 6.45) is 1.65. The van der Waals surface area contributed by atoms with Crippen molar-refractivity contribution in [3.8, 4) is 11.4 Å². The van der Waals surface area contributed by atoms with E-state index >= 15 is 0 Å². The van der Waals surface area contributed by atoms with Crippen LogP contribution in [0.15, 0.2) is 65.6 Å². The number of hydrogen-bond acceptors (Lipinski definition) is 5. The van der Waals surface area contributed by atoms with E-state index in [0.717, 1.165) is 15.2 Å². The molecule has 1 amide bonds. The van der Waals surface area contributed by atoms with Crippen LogP contribution in [0.1, 0.15) is 28.3 Å². The van der Waals surface area contributed by atoms with Crippen LogP contribution in [0, 0.1) is 0 Å². The zero-order chi connectivity index (χ0) is 19.7. The predicted molar refractivity (Wildman–Crippen MR) is 110 cm³/mol. The van der Waals surface area contributed by atoms with E-state index in [-0.39, 0.29) is 17.5 Å². The summed E-state index contributed by atoms with van der Waals surface area (Å²) in [6, 6.07) is 16.3. The molecule has 6 nitrogen and oxygen atoms in total. The van der Waals surface area contributed by atoms with Crippen LogP contribution in [0.3, 0.4) is 0 Å². The molecule has 0 saturated heterocycles. The molecule has 0 bridgehead atoms. The summed E-state index contributed by atoms with van der Waals surface area (Å²) in [5.74, 6) is -0.347. The molecule has 1 aromatic carbocycles. The number of H-pyrrole nitrogens is 1. The van der Waals surface area contributed by atoms with Crippen molar-refractivity contribution in [1.29, 1.82) is 0 Å². The van der Waals surface area contributed by atoms with Gasteiger partial charge in [0.1, 0.15) is 10.6 Å². The highest BCUT2D eigenvalue weighted by Crippen LogP contribution is 2.29. The summed E-state index contributed by atoms with van der Waals surface area (Å²) in [4.78, 5) is 38.6. The Morgan fingerprint density at radius 2 is 1.89 bits per heavy atom. The number of nitrogens with zero attached hydrogens (tertiary/aromatic N) is 3. The normalized spacial score (nSPS) is 12.1. The standard InChI is InChI=1S/C21H18N4O2S/c1-13(20-24-17-8-3-4-9-18(17)28-20)25(2)21(27)14-10-11-16(23-19(14)26)15-7-5-6-12-22-15/h3-13H,1-2H3,(H,23,26). The van der Waals surface area contributed by atoms with Crippen LogP contribution in [-0.2, 0) is 0 Å². The van der Waals surface area contributed by atoms with Gasteiger partial charge in [-0.25, -0.2) is 4.98 Å². The molecule has 0 spiro atoms. The van der Waals surface area contributed by atoms with Gasteiger partial charge in [-0.1, -0.05) is 18.2 Å². The highest BCUT2D eigenvalue weighted by atomic mass is 32.1. The first-order valence-electron chi connectivity index (χ1n) is 8.82. The molecule has 0 aliphatic rings. The molecule has 4 rings (SSSR count). The number of hydrogen-bond donors (Lipinski definition) is 1. The van der Waals surface area contributed by atoms with Gasteiger partial charge in [-0.15, -0.1) is 11.3 Å². The number of thiazole rings is 1. The zero-order valence-electron chi connectivity index (χ0n) is 15.4. The Hall–Kier alpha value is -3.32. The third-order valence-corrected chi connectivity index (χ3v) is 5.86. The molecule has 140 valence electrons. The van der Waals surface area contributed by atoms with E-state index in [1.165, 1.54) is 0 Å². The lowest BCUT2D eigenvalue weighted by Gasteiger charge is -2.23. The first kappa shape index (κ1) is 18.1. The maximum Gasteiger partial charge on any atom is 0.261 e. The second kappa shape index (κ2) is 7.36. The summed E-state index contributed by atoms with van der Waals surface area (Å²) in [6.45, 7) is 1.91. The number of carbonyl (C=O) groups is 1. The number of fused-ring (bicyclic) bond motifs is 1. The number of aromatic amines is 1. The van der Waals surface area contributed by atoms with E-state index in [4.69, 9.17) is 0 Å². The lowest BCUT2D eigenvalue weighted by molar-refractivity contribution is 0.0741. The Morgan fingerprint density at radius 1 is 1.11 bits per heavy atom. The van der Waals surface area contributed by atoms with Crippen LogP contribution < -0.4 is 5.56 Å². The fourth-order valence-electron chi connectivity index (χ4n) is 2.91. The fraction of sp³-hybridized carbons (Fsp3) is 0.143. The van der Waals surface area contributed by atoms with Gasteiger partial charge in [0.2, 0.25) is 0 Å². The van der Waals surface area contributed by atoms with Gasteiger partial charge >= 0.3 is 0 Å². The van der Waals surface area contributed by atoms with E-state index in [0.29, 0.717) is 11.4 Å². The van der Waals surface area contributed by atoms with Crippen LogP contribution in [0.25, 0.3) is 21.6 Å². The Bertz CT molecular complexity index is 1170. The second-order valence-corrected chi connectivity index (χ2v) is 7.50. The largest absolute Gasteiger partial charge is 0.332 e. The summed E-state index contributed by atoms with van der Waals surface area (Å²) in [5, 5.41) is 0.832. The number of amides is 1. The molecule has 1 unspecified atom stereocenters. The average Bonchev–Trinajstić information content (AvgIpc) is 3.17. The van der Waals surface area contributed by atoms with E-state index in [1.807, 2.05) is 37.3 Å². The molecule has 0 fully saturated rings. The van der Waals surface area contributed by atoms with Crippen molar-refractivity contribution in [2.45, 2.75) is 13.0 Å². The summed E-state index contributed by atoms with van der Waals surface area (Å²) < 4.78 is 1.07. The summed E-state index contributed by atoms with van der Waals surface area (Å²) in [7, 11) is 1.69. The maximum absolute atomic E-state index is 12.9. The number of rotatable bonds is 4. The van der Waals surface area contributed by atoms with Gasteiger partial charge < -0.3 is 9.88 Å². The number of para-hydroxylation sites is 1. The SMILES string of the molecule is CC(c1nc2ccccc2s1)N(C)C(=O)c1ccc(-c2ccccn2)[nH]c1=O. The molecule has 4 aromatic rings. The minimum absolute atomic E-state index is 0.0927. The number of nitrogens with one attached hydrogen (secondary N) is 1. The Kier molecular flexibility index (Phi) is 4.75. The van der Waals surface area contributed by atoms with Crippen molar-refractivity contribution in [1.82, 2.24) is 19.9 Å². The van der Waals surface area contributed by atoms with Gasteiger partial charge in [0.15, 0.2) is 0 Å². The third-order valence-electron chi connectivity index (χ3n) is 4.65. The first-order valence-corrected chi connectivity index (χ1v) is 9.63. The molecule has 1 atom stereocenters. The van der Waals surface area contributed by atoms with Crippen LogP contribution in [-0.4, -0.2) is 32.8 Å². The molecular formula is C21H18N4O2S. The molecular weight excluding hydrogens is 372 g/mol. The lowest BCUT2D eigenvalue weighted by Crippen LogP contribution is -2.33. The highest BCUT2D eigenvalue weighted by molar-refractivity contribution is 7.18. The molecule has 3 aromatic heterocycles. The minimum Gasteiger partial charge on any atom is -0.332 e. The smallest absolute Gasteiger partial charge is 0.261 e. The second-order valence-electron chi connectivity index (χ2n) is 6.44. The van der Waals surface area contributed by atoms with Gasteiger partial charge in [0.25, 0.3) is 11.5 Å². The number of benzene rings is 1. The van der Waals surface area contributed by atoms with Crippen molar-refractivity contribution in [3.05, 3.63) is 81.7 Å². The van der Waals surface area contributed by atoms with Crippen molar-refractivity contribution in [3.63, 3.8) is 0 Å². The molecule has 7 heteroatoms. The monoisotopic (exact) mass is 390 g/mol. The summed E-state index contributed by atoms with van der Waals surface area (Å²) >= 11 is 1.55. The quantitative estimate of drug-likeness (QED) is 0.574. The van der Waals surface area contributed by atoms with Gasteiger partial charge in [0.05, 0.1) is 27.6 Å². The van der Waals surface area contributed by atoms with Crippen molar-refractivity contribution >= 4 is 27.5 Å². The zero-order valence-corrected chi connectivity index (χ0v) is 16.2. The fourth-order valence-corrected chi connectivity index (χ4v) is 3.98. The van der Waals surface area contributed by atoms with Gasteiger partial charge in [-0.3, -0.25) is 14.6 Å². The minimum atomic E-state index is -0.434. The topological polar surface area (TPSA) is 79.0 Å². The van der Waals surface area contributed by atoms with Crippen LogP contribution in [0.5, 0.6) is 0 Å². The predicted octanol–water partition coefficient (Wildman–Crippen LogP) is 3.88. The number of pyridine rings is 2. The lowest BCUT2D eigenvalue weighted by atomic mass is 10.1. The molecule has 28 heavy (non-hydrogen) atoms. The first-order chi connectivity index (χ1) is 13.5. The van der Waals surface area contributed by atoms with Gasteiger partial charge in [0, 0.05) is 13.2 Å². The summed E-state index contributed by atoms with van der Waals surface area (Å²) in [5.41, 5.74) is 1.79. The Morgan fingerprint density at radius 3 is 2.61 bits per heavy atom. The Balaban J connectivity index is 1.60. The van der Waals surface area contributed by atoms with E-state index < -0.39 is 5.56 Å². The van der Waals surface area contributed by atoms with Crippen LogP contribution in [0.4, 0.5) is 0 Å². The van der Waals surface area contributed by atoms with E-state index in [9.17, 15) is 9.59 Å². The maximum atomic E-state index is 12.9. The average molecular weight is 390 g/mol. The molecule has 0 saturated carbocycles. The van der Waals surface area contributed by atoms with Crippen LogP contribution >= 0.6 is 11.3 Å². The van der Waals surface area contributed by atoms with Crippen molar-refractivity contribution < 1.29 is 4.79 Å². The van der Waals surface area contributed by atoms with Crippen molar-refractivity contribution in [2.24, 2.45) is 0 Å². The van der Waals surface area contributed by atoms with E-state index in [1.54, 1.807) is 53.7 Å². The molecule has 0 aliphatic carbocycles. The Labute approximate surface area is 165 Å². The van der Waals surface area contributed by atoms with E-state index in [2.05, 4.69) is 15.0 Å². The van der Waals surface area contributed by atoms with Gasteiger partial charge in [-0.05, 0) is 43.3 Å².